The van der Waals surface area contributed by atoms with Gasteiger partial charge in [0.25, 0.3) is 0 Å². The second-order valence-corrected chi connectivity index (χ2v) is 5.78. The number of hydrogen-bond donors (Lipinski definition) is 0. The zero-order valence-electron chi connectivity index (χ0n) is 10.8. The first-order valence-corrected chi connectivity index (χ1v) is 7.29. The van der Waals surface area contributed by atoms with Crippen molar-refractivity contribution in [3.63, 3.8) is 0 Å². The van der Waals surface area contributed by atoms with Crippen LogP contribution >= 0.6 is 11.8 Å². The van der Waals surface area contributed by atoms with Crippen LogP contribution in [-0.2, 0) is 0 Å². The van der Waals surface area contributed by atoms with Crippen molar-refractivity contribution in [3.05, 3.63) is 54.2 Å². The number of aliphatic imine (C=N–C) groups is 1. The number of rotatable bonds is 4. The molecular weight excluding hydrogens is 252 g/mol. The Morgan fingerprint density at radius 1 is 1.37 bits per heavy atom. The van der Waals surface area contributed by atoms with Crippen molar-refractivity contribution >= 4 is 23.5 Å². The first-order chi connectivity index (χ1) is 9.20. The number of allylic oxidation sites excluding steroid dienone is 2. The summed E-state index contributed by atoms with van der Waals surface area (Å²) in [5.41, 5.74) is 3.40. The summed E-state index contributed by atoms with van der Waals surface area (Å²) in [4.78, 5) is 3.93. The summed E-state index contributed by atoms with van der Waals surface area (Å²) in [7, 11) is 0. The average Bonchev–Trinajstić information content (AvgIpc) is 2.98. The standard InChI is InChI=1S/C16H16N2S/c1-12(11-18-13(2)10-17)14-5-7-15(8-6-14)16-4-3-9-19-16/h5-8,11,16H,1-4,9H2. The maximum absolute atomic E-state index is 8.58. The van der Waals surface area contributed by atoms with E-state index in [1.165, 1.54) is 24.2 Å². The minimum absolute atomic E-state index is 0.195. The zero-order valence-corrected chi connectivity index (χ0v) is 11.6. The lowest BCUT2D eigenvalue weighted by Gasteiger charge is -2.09. The fourth-order valence-electron chi connectivity index (χ4n) is 2.01. The molecule has 0 spiro atoms. The van der Waals surface area contributed by atoms with E-state index in [2.05, 4.69) is 42.4 Å². The van der Waals surface area contributed by atoms with E-state index < -0.39 is 0 Å². The summed E-state index contributed by atoms with van der Waals surface area (Å²) in [6, 6.07) is 10.3. The number of hydrogen-bond acceptors (Lipinski definition) is 3. The summed E-state index contributed by atoms with van der Waals surface area (Å²) in [6.45, 7) is 7.46. The van der Waals surface area contributed by atoms with Crippen LogP contribution in [0.1, 0.15) is 29.2 Å². The molecule has 1 aliphatic rings. The lowest BCUT2D eigenvalue weighted by Crippen LogP contribution is -1.90. The summed E-state index contributed by atoms with van der Waals surface area (Å²) in [5, 5.41) is 9.23. The number of benzene rings is 1. The molecule has 0 aliphatic carbocycles. The second kappa shape index (κ2) is 6.40. The Morgan fingerprint density at radius 2 is 2.11 bits per heavy atom. The van der Waals surface area contributed by atoms with E-state index in [1.807, 2.05) is 17.8 Å². The van der Waals surface area contributed by atoms with Gasteiger partial charge in [0.1, 0.15) is 11.8 Å². The van der Waals surface area contributed by atoms with Crippen LogP contribution in [0, 0.1) is 11.3 Å². The van der Waals surface area contributed by atoms with Gasteiger partial charge in [-0.3, -0.25) is 0 Å². The van der Waals surface area contributed by atoms with Crippen LogP contribution in [0.3, 0.4) is 0 Å². The second-order valence-electron chi connectivity index (χ2n) is 4.47. The summed E-state index contributed by atoms with van der Waals surface area (Å²) >= 11 is 2.03. The van der Waals surface area contributed by atoms with E-state index in [9.17, 15) is 0 Å². The van der Waals surface area contributed by atoms with Crippen molar-refractivity contribution in [2.45, 2.75) is 18.1 Å². The number of nitriles is 1. The van der Waals surface area contributed by atoms with Gasteiger partial charge in [-0.05, 0) is 35.3 Å². The molecule has 0 amide bonds. The van der Waals surface area contributed by atoms with E-state index in [-0.39, 0.29) is 5.70 Å². The molecule has 0 saturated carbocycles. The van der Waals surface area contributed by atoms with E-state index in [0.29, 0.717) is 5.25 Å². The maximum atomic E-state index is 8.58. The third-order valence-electron chi connectivity index (χ3n) is 3.09. The highest BCUT2D eigenvalue weighted by atomic mass is 32.2. The van der Waals surface area contributed by atoms with Crippen LogP contribution in [0.2, 0.25) is 0 Å². The quantitative estimate of drug-likeness (QED) is 0.600. The molecule has 96 valence electrons. The van der Waals surface area contributed by atoms with Crippen LogP contribution in [0.4, 0.5) is 0 Å². The molecule has 1 unspecified atom stereocenters. The Kier molecular flexibility index (Phi) is 4.59. The third-order valence-corrected chi connectivity index (χ3v) is 4.52. The molecule has 1 fully saturated rings. The Labute approximate surface area is 118 Å². The molecule has 0 radical (unpaired) electrons. The highest BCUT2D eigenvalue weighted by molar-refractivity contribution is 7.99. The van der Waals surface area contributed by atoms with E-state index in [0.717, 1.165) is 11.1 Å². The van der Waals surface area contributed by atoms with E-state index in [1.54, 1.807) is 6.21 Å². The van der Waals surface area contributed by atoms with Crippen LogP contribution in [0.15, 0.2) is 48.1 Å². The minimum Gasteiger partial charge on any atom is -0.246 e. The Balaban J connectivity index is 2.05. The molecule has 2 nitrogen and oxygen atoms in total. The summed E-state index contributed by atoms with van der Waals surface area (Å²) in [5.74, 6) is 1.27. The number of nitrogens with zero attached hydrogens (tertiary/aromatic N) is 2. The fraction of sp³-hybridized carbons (Fsp3) is 0.250. The van der Waals surface area contributed by atoms with Gasteiger partial charge in [0.05, 0.1) is 0 Å². The normalized spacial score (nSPS) is 18.4. The van der Waals surface area contributed by atoms with Gasteiger partial charge in [-0.1, -0.05) is 37.4 Å². The fourth-order valence-corrected chi connectivity index (χ4v) is 3.31. The first kappa shape index (κ1) is 13.6. The van der Waals surface area contributed by atoms with E-state index in [4.69, 9.17) is 5.26 Å². The molecule has 1 heterocycles. The van der Waals surface area contributed by atoms with Crippen molar-refractivity contribution in [2.24, 2.45) is 4.99 Å². The maximum Gasteiger partial charge on any atom is 0.133 e. The molecular formula is C16H16N2S. The predicted molar refractivity (Wildman–Crippen MR) is 83.2 cm³/mol. The van der Waals surface area contributed by atoms with Gasteiger partial charge in [-0.15, -0.1) is 0 Å². The van der Waals surface area contributed by atoms with Crippen LogP contribution in [0.25, 0.3) is 5.57 Å². The molecule has 1 aliphatic heterocycles. The highest BCUT2D eigenvalue weighted by Crippen LogP contribution is 2.39. The smallest absolute Gasteiger partial charge is 0.133 e. The van der Waals surface area contributed by atoms with Crippen LogP contribution in [-0.4, -0.2) is 12.0 Å². The SMILES string of the molecule is C=C(C#N)N=CC(=C)c1ccc(C2CCCS2)cc1. The van der Waals surface area contributed by atoms with Crippen molar-refractivity contribution in [1.29, 1.82) is 5.26 Å². The predicted octanol–water partition coefficient (Wildman–Crippen LogP) is 4.38. The van der Waals surface area contributed by atoms with Gasteiger partial charge >= 0.3 is 0 Å². The molecule has 3 heteroatoms. The van der Waals surface area contributed by atoms with Crippen molar-refractivity contribution in [1.82, 2.24) is 0 Å². The molecule has 1 aromatic carbocycles. The average molecular weight is 268 g/mol. The largest absolute Gasteiger partial charge is 0.246 e. The van der Waals surface area contributed by atoms with Gasteiger partial charge in [-0.2, -0.15) is 17.0 Å². The number of thioether (sulfide) groups is 1. The molecule has 1 aromatic rings. The molecule has 0 bridgehead atoms. The molecule has 0 N–H and O–H groups in total. The third kappa shape index (κ3) is 3.59. The van der Waals surface area contributed by atoms with Gasteiger partial charge in [0.2, 0.25) is 0 Å². The Hall–Kier alpha value is -1.79. The monoisotopic (exact) mass is 268 g/mol. The van der Waals surface area contributed by atoms with Gasteiger partial charge in [0, 0.05) is 11.5 Å². The van der Waals surface area contributed by atoms with Crippen LogP contribution in [0.5, 0.6) is 0 Å². The summed E-state index contributed by atoms with van der Waals surface area (Å²) in [6.07, 6.45) is 4.17. The zero-order chi connectivity index (χ0) is 13.7. The van der Waals surface area contributed by atoms with Gasteiger partial charge < -0.3 is 0 Å². The van der Waals surface area contributed by atoms with E-state index >= 15 is 0 Å². The lowest BCUT2D eigenvalue weighted by atomic mass is 10.0. The molecule has 1 saturated heterocycles. The lowest BCUT2D eigenvalue weighted by molar-refractivity contribution is 0.829. The summed E-state index contributed by atoms with van der Waals surface area (Å²) < 4.78 is 0. The highest BCUT2D eigenvalue weighted by Gasteiger charge is 2.17. The molecule has 2 rings (SSSR count). The van der Waals surface area contributed by atoms with Crippen molar-refractivity contribution in [2.75, 3.05) is 5.75 Å². The van der Waals surface area contributed by atoms with Crippen LogP contribution < -0.4 is 0 Å². The topological polar surface area (TPSA) is 36.1 Å². The van der Waals surface area contributed by atoms with Gasteiger partial charge in [0.15, 0.2) is 0 Å². The Morgan fingerprint density at radius 3 is 2.68 bits per heavy atom. The van der Waals surface area contributed by atoms with Crippen molar-refractivity contribution < 1.29 is 0 Å². The van der Waals surface area contributed by atoms with Gasteiger partial charge in [-0.25, -0.2) is 4.99 Å². The molecule has 0 aromatic heterocycles. The Bertz CT molecular complexity index is 543. The molecule has 1 atom stereocenters. The molecule has 19 heavy (non-hydrogen) atoms. The van der Waals surface area contributed by atoms with Crippen molar-refractivity contribution in [3.8, 4) is 6.07 Å². The first-order valence-electron chi connectivity index (χ1n) is 6.24. The minimum atomic E-state index is 0.195.